The van der Waals surface area contributed by atoms with Crippen LogP contribution in [0, 0.1) is 0 Å². The van der Waals surface area contributed by atoms with E-state index >= 15 is 0 Å². The third-order valence-electron chi connectivity index (χ3n) is 4.35. The van der Waals surface area contributed by atoms with Crippen molar-refractivity contribution in [2.24, 2.45) is 0 Å². The van der Waals surface area contributed by atoms with Crippen molar-refractivity contribution in [3.63, 3.8) is 0 Å². The summed E-state index contributed by atoms with van der Waals surface area (Å²) in [6.45, 7) is 1.94. The van der Waals surface area contributed by atoms with Crippen LogP contribution in [0.5, 0.6) is 17.2 Å². The van der Waals surface area contributed by atoms with Crippen molar-refractivity contribution < 1.29 is 27.4 Å². The van der Waals surface area contributed by atoms with Gasteiger partial charge in [-0.25, -0.2) is 8.42 Å². The van der Waals surface area contributed by atoms with Crippen molar-refractivity contribution >= 4 is 15.7 Å². The minimum absolute atomic E-state index is 0.238. The van der Waals surface area contributed by atoms with Gasteiger partial charge in [-0.3, -0.25) is 4.79 Å². The summed E-state index contributed by atoms with van der Waals surface area (Å²) in [6, 6.07) is 9.38. The minimum atomic E-state index is -3.27. The monoisotopic (exact) mass is 407 g/mol. The fourth-order valence-electron chi connectivity index (χ4n) is 2.82. The molecule has 0 spiro atoms. The van der Waals surface area contributed by atoms with E-state index in [1.165, 1.54) is 21.3 Å². The lowest BCUT2D eigenvalue weighted by atomic mass is 10.0. The first-order valence-electron chi connectivity index (χ1n) is 8.66. The van der Waals surface area contributed by atoms with Gasteiger partial charge in [0.15, 0.2) is 21.3 Å². The number of carbonyl (C=O) groups is 1. The van der Waals surface area contributed by atoms with Gasteiger partial charge in [-0.1, -0.05) is 19.1 Å². The number of carbonyl (C=O) groups excluding carboxylic acids is 1. The third kappa shape index (κ3) is 4.75. The molecule has 28 heavy (non-hydrogen) atoms. The van der Waals surface area contributed by atoms with Crippen molar-refractivity contribution in [3.8, 4) is 17.2 Å². The number of sulfone groups is 1. The lowest BCUT2D eigenvalue weighted by Gasteiger charge is -2.19. The Bertz CT molecular complexity index is 913. The molecule has 2 rings (SSSR count). The Balaban J connectivity index is 2.29. The van der Waals surface area contributed by atoms with E-state index in [1.54, 1.807) is 36.4 Å². The summed E-state index contributed by atoms with van der Waals surface area (Å²) in [5, 5.41) is 2.96. The first-order chi connectivity index (χ1) is 13.2. The fourth-order valence-corrected chi connectivity index (χ4v) is 3.45. The Hall–Kier alpha value is -2.74. The highest BCUT2D eigenvalue weighted by molar-refractivity contribution is 7.90. The molecule has 152 valence electrons. The van der Waals surface area contributed by atoms with Gasteiger partial charge in [-0.05, 0) is 36.2 Å². The molecule has 8 heteroatoms. The SMILES string of the molecule is CC[C@H](NC(=O)c1cc(OC)c(OC)c(OC)c1)c1ccc(S(C)(=O)=O)cc1. The number of hydrogen-bond acceptors (Lipinski definition) is 6. The average molecular weight is 407 g/mol. The molecule has 7 nitrogen and oxygen atoms in total. The van der Waals surface area contributed by atoms with Gasteiger partial charge in [-0.15, -0.1) is 0 Å². The molecule has 1 atom stereocenters. The molecule has 0 unspecified atom stereocenters. The highest BCUT2D eigenvalue weighted by Crippen LogP contribution is 2.38. The van der Waals surface area contributed by atoms with Crippen LogP contribution in [0.15, 0.2) is 41.3 Å². The standard InChI is InChI=1S/C20H25NO6S/c1-6-16(13-7-9-15(10-8-13)28(5,23)24)21-20(22)14-11-17(25-2)19(27-4)18(12-14)26-3/h7-12,16H,6H2,1-5H3,(H,21,22)/t16-/m0/s1. The van der Waals surface area contributed by atoms with E-state index in [4.69, 9.17) is 14.2 Å². The highest BCUT2D eigenvalue weighted by Gasteiger charge is 2.20. The number of methoxy groups -OCH3 is 3. The summed E-state index contributed by atoms with van der Waals surface area (Å²) in [5.41, 5.74) is 1.18. The maximum Gasteiger partial charge on any atom is 0.252 e. The van der Waals surface area contributed by atoms with E-state index in [1.807, 2.05) is 6.92 Å². The van der Waals surface area contributed by atoms with Gasteiger partial charge in [0, 0.05) is 11.8 Å². The van der Waals surface area contributed by atoms with Gasteiger partial charge < -0.3 is 19.5 Å². The van der Waals surface area contributed by atoms with E-state index in [-0.39, 0.29) is 16.8 Å². The van der Waals surface area contributed by atoms with Crippen LogP contribution < -0.4 is 19.5 Å². The van der Waals surface area contributed by atoms with Crippen molar-refractivity contribution in [2.45, 2.75) is 24.3 Å². The second-order valence-electron chi connectivity index (χ2n) is 6.19. The molecule has 1 N–H and O–H groups in total. The predicted octanol–water partition coefficient (Wildman–Crippen LogP) is 3.00. The maximum atomic E-state index is 12.8. The lowest BCUT2D eigenvalue weighted by Crippen LogP contribution is -2.28. The van der Waals surface area contributed by atoms with E-state index < -0.39 is 9.84 Å². The molecule has 0 bridgehead atoms. The summed E-state index contributed by atoms with van der Waals surface area (Å²) in [7, 11) is 1.19. The molecule has 1 amide bonds. The average Bonchev–Trinajstić information content (AvgIpc) is 2.69. The van der Waals surface area contributed by atoms with E-state index in [2.05, 4.69) is 5.32 Å². The second kappa shape index (κ2) is 8.97. The molecule has 2 aromatic carbocycles. The van der Waals surface area contributed by atoms with Crippen LogP contribution in [0.4, 0.5) is 0 Å². The topological polar surface area (TPSA) is 90.9 Å². The zero-order valence-corrected chi connectivity index (χ0v) is 17.4. The number of hydrogen-bond donors (Lipinski definition) is 1. The van der Waals surface area contributed by atoms with Gasteiger partial charge in [0.05, 0.1) is 32.3 Å². The maximum absolute atomic E-state index is 12.8. The largest absolute Gasteiger partial charge is 0.493 e. The molecule has 0 fully saturated rings. The Morgan fingerprint density at radius 1 is 1.00 bits per heavy atom. The third-order valence-corrected chi connectivity index (χ3v) is 5.48. The Morgan fingerprint density at radius 3 is 1.93 bits per heavy atom. The fraction of sp³-hybridized carbons (Fsp3) is 0.350. The normalized spacial score (nSPS) is 12.2. The molecule has 0 saturated heterocycles. The van der Waals surface area contributed by atoms with Crippen molar-refractivity contribution in [3.05, 3.63) is 47.5 Å². The van der Waals surface area contributed by atoms with Gasteiger partial charge in [0.25, 0.3) is 5.91 Å². The predicted molar refractivity (Wildman–Crippen MR) is 106 cm³/mol. The summed E-state index contributed by atoms with van der Waals surface area (Å²) in [6.07, 6.45) is 1.79. The van der Waals surface area contributed by atoms with Gasteiger partial charge in [-0.2, -0.15) is 0 Å². The number of amides is 1. The molecule has 0 aromatic heterocycles. The smallest absolute Gasteiger partial charge is 0.252 e. The first-order valence-corrected chi connectivity index (χ1v) is 10.5. The van der Waals surface area contributed by atoms with Crippen LogP contribution in [0.3, 0.4) is 0 Å². The number of nitrogens with one attached hydrogen (secondary N) is 1. The highest BCUT2D eigenvalue weighted by atomic mass is 32.2. The number of rotatable bonds is 8. The minimum Gasteiger partial charge on any atom is -0.493 e. The first kappa shape index (κ1) is 21.6. The zero-order chi connectivity index (χ0) is 20.9. The molecule has 0 heterocycles. The van der Waals surface area contributed by atoms with Crippen molar-refractivity contribution in [2.75, 3.05) is 27.6 Å². The van der Waals surface area contributed by atoms with Crippen LogP contribution in [0.2, 0.25) is 0 Å². The van der Waals surface area contributed by atoms with Gasteiger partial charge >= 0.3 is 0 Å². The van der Waals surface area contributed by atoms with Crippen molar-refractivity contribution in [1.29, 1.82) is 0 Å². The van der Waals surface area contributed by atoms with Gasteiger partial charge in [0.1, 0.15) is 0 Å². The zero-order valence-electron chi connectivity index (χ0n) is 16.6. The lowest BCUT2D eigenvalue weighted by molar-refractivity contribution is 0.0934. The Kier molecular flexibility index (Phi) is 6.90. The van der Waals surface area contributed by atoms with Crippen molar-refractivity contribution in [1.82, 2.24) is 5.32 Å². The van der Waals surface area contributed by atoms with Crippen LogP contribution >= 0.6 is 0 Å². The van der Waals surface area contributed by atoms with Crippen LogP contribution in [0.1, 0.15) is 35.3 Å². The van der Waals surface area contributed by atoms with E-state index in [0.29, 0.717) is 29.2 Å². The molecule has 0 aliphatic carbocycles. The second-order valence-corrected chi connectivity index (χ2v) is 8.21. The summed E-state index contributed by atoms with van der Waals surface area (Å²) < 4.78 is 39.1. The molecule has 0 radical (unpaired) electrons. The Morgan fingerprint density at radius 2 is 1.54 bits per heavy atom. The molecule has 0 aliphatic heterocycles. The van der Waals surface area contributed by atoms with Crippen LogP contribution in [-0.2, 0) is 9.84 Å². The quantitative estimate of drug-likeness (QED) is 0.723. The molecule has 0 saturated carbocycles. The molecular weight excluding hydrogens is 382 g/mol. The number of benzene rings is 2. The van der Waals surface area contributed by atoms with Crippen LogP contribution in [0.25, 0.3) is 0 Å². The Labute approximate surface area is 165 Å². The number of ether oxygens (including phenoxy) is 3. The molecular formula is C20H25NO6S. The molecule has 2 aromatic rings. The molecule has 0 aliphatic rings. The van der Waals surface area contributed by atoms with E-state index in [9.17, 15) is 13.2 Å². The van der Waals surface area contributed by atoms with Gasteiger partial charge in [0.2, 0.25) is 5.75 Å². The van der Waals surface area contributed by atoms with Crippen LogP contribution in [-0.4, -0.2) is 41.9 Å². The summed E-state index contributed by atoms with van der Waals surface area (Å²) in [4.78, 5) is 13.0. The summed E-state index contributed by atoms with van der Waals surface area (Å²) >= 11 is 0. The van der Waals surface area contributed by atoms with E-state index in [0.717, 1.165) is 11.8 Å². The summed E-state index contributed by atoms with van der Waals surface area (Å²) in [5.74, 6) is 0.873.